The molecule has 17 heavy (non-hydrogen) atoms. The van der Waals surface area contributed by atoms with Gasteiger partial charge in [-0.25, -0.2) is 0 Å². The van der Waals surface area contributed by atoms with Crippen LogP contribution in [0.3, 0.4) is 0 Å². The molecule has 2 fully saturated rings. The maximum absolute atomic E-state index is 11.9. The number of hydrogen-bond acceptors (Lipinski definition) is 3. The van der Waals surface area contributed by atoms with Crippen LogP contribution in [0.5, 0.6) is 0 Å². The summed E-state index contributed by atoms with van der Waals surface area (Å²) in [5.41, 5.74) is 5.84. The molecule has 0 bridgehead atoms. The van der Waals surface area contributed by atoms with Gasteiger partial charge < -0.3 is 11.1 Å². The van der Waals surface area contributed by atoms with E-state index < -0.39 is 0 Å². The molecule has 1 aliphatic carbocycles. The Morgan fingerprint density at radius 3 is 2.59 bits per heavy atom. The predicted octanol–water partition coefficient (Wildman–Crippen LogP) is 0.857. The zero-order valence-electron chi connectivity index (χ0n) is 11.0. The molecule has 1 saturated carbocycles. The number of piperazine rings is 1. The van der Waals surface area contributed by atoms with Crippen LogP contribution >= 0.6 is 0 Å². The quantitative estimate of drug-likeness (QED) is 0.751. The van der Waals surface area contributed by atoms with Gasteiger partial charge in [0.2, 0.25) is 5.91 Å². The predicted molar refractivity (Wildman–Crippen MR) is 68.6 cm³/mol. The maximum atomic E-state index is 11.9. The molecule has 0 spiro atoms. The molecule has 1 aliphatic heterocycles. The van der Waals surface area contributed by atoms with Crippen LogP contribution < -0.4 is 11.1 Å². The summed E-state index contributed by atoms with van der Waals surface area (Å²) in [6.45, 7) is 5.58. The van der Waals surface area contributed by atoms with Crippen LogP contribution in [0.2, 0.25) is 0 Å². The zero-order chi connectivity index (χ0) is 12.5. The van der Waals surface area contributed by atoms with Gasteiger partial charge in [-0.05, 0) is 26.7 Å². The van der Waals surface area contributed by atoms with E-state index in [-0.39, 0.29) is 17.5 Å². The van der Waals surface area contributed by atoms with Gasteiger partial charge in [0.1, 0.15) is 6.04 Å². The summed E-state index contributed by atoms with van der Waals surface area (Å²) in [5, 5.41) is 2.98. The topological polar surface area (TPSA) is 58.4 Å². The highest BCUT2D eigenvalue weighted by molar-refractivity contribution is 5.83. The van der Waals surface area contributed by atoms with E-state index in [1.165, 1.54) is 32.1 Å². The SMILES string of the molecule is CC1(C)CNC(=O)C(CN)N1C1CCCCC1. The second kappa shape index (κ2) is 4.94. The molecule has 2 rings (SSSR count). The monoisotopic (exact) mass is 239 g/mol. The molecule has 98 valence electrons. The lowest BCUT2D eigenvalue weighted by atomic mass is 9.86. The highest BCUT2D eigenvalue weighted by Gasteiger charge is 2.44. The number of carbonyl (C=O) groups is 1. The summed E-state index contributed by atoms with van der Waals surface area (Å²) < 4.78 is 0. The highest BCUT2D eigenvalue weighted by Crippen LogP contribution is 2.31. The molecule has 1 heterocycles. The van der Waals surface area contributed by atoms with Gasteiger partial charge in [0.15, 0.2) is 0 Å². The number of carbonyl (C=O) groups excluding carboxylic acids is 1. The van der Waals surface area contributed by atoms with Gasteiger partial charge in [-0.1, -0.05) is 19.3 Å². The molecule has 1 amide bonds. The first-order valence-electron chi connectivity index (χ1n) is 6.82. The fraction of sp³-hybridized carbons (Fsp3) is 0.923. The Labute approximate surface area is 104 Å². The number of amides is 1. The van der Waals surface area contributed by atoms with E-state index in [4.69, 9.17) is 5.73 Å². The van der Waals surface area contributed by atoms with Gasteiger partial charge in [-0.3, -0.25) is 9.69 Å². The summed E-state index contributed by atoms with van der Waals surface area (Å²) in [6, 6.07) is 0.403. The molecular formula is C13H25N3O. The van der Waals surface area contributed by atoms with Crippen LogP contribution in [0.4, 0.5) is 0 Å². The minimum absolute atomic E-state index is 0.0277. The third-order valence-electron chi connectivity index (χ3n) is 4.22. The van der Waals surface area contributed by atoms with E-state index in [9.17, 15) is 4.79 Å². The molecule has 1 saturated heterocycles. The van der Waals surface area contributed by atoms with Crippen molar-refractivity contribution >= 4 is 5.91 Å². The molecule has 4 nitrogen and oxygen atoms in total. The van der Waals surface area contributed by atoms with Gasteiger partial charge in [-0.2, -0.15) is 0 Å². The van der Waals surface area contributed by atoms with Gasteiger partial charge >= 0.3 is 0 Å². The molecule has 0 aromatic carbocycles. The summed E-state index contributed by atoms with van der Waals surface area (Å²) in [7, 11) is 0. The van der Waals surface area contributed by atoms with E-state index >= 15 is 0 Å². The van der Waals surface area contributed by atoms with Crippen LogP contribution in [0, 0.1) is 0 Å². The third kappa shape index (κ3) is 2.47. The Morgan fingerprint density at radius 1 is 1.35 bits per heavy atom. The molecule has 1 unspecified atom stereocenters. The molecule has 1 atom stereocenters. The number of hydrogen-bond donors (Lipinski definition) is 2. The maximum Gasteiger partial charge on any atom is 0.238 e. The second-order valence-electron chi connectivity index (χ2n) is 5.98. The minimum atomic E-state index is -0.137. The Hall–Kier alpha value is -0.610. The van der Waals surface area contributed by atoms with Crippen molar-refractivity contribution in [3.63, 3.8) is 0 Å². The van der Waals surface area contributed by atoms with Crippen molar-refractivity contribution < 1.29 is 4.79 Å². The Bertz CT molecular complexity index is 284. The number of nitrogens with zero attached hydrogens (tertiary/aromatic N) is 1. The van der Waals surface area contributed by atoms with E-state index in [0.717, 1.165) is 6.54 Å². The van der Waals surface area contributed by atoms with E-state index in [1.54, 1.807) is 0 Å². The van der Waals surface area contributed by atoms with Crippen molar-refractivity contribution in [2.75, 3.05) is 13.1 Å². The second-order valence-corrected chi connectivity index (χ2v) is 5.98. The normalized spacial score (nSPS) is 31.2. The fourth-order valence-corrected chi connectivity index (χ4v) is 3.39. The van der Waals surface area contributed by atoms with Crippen molar-refractivity contribution in [1.82, 2.24) is 10.2 Å². The molecule has 2 aliphatic rings. The fourth-order valence-electron chi connectivity index (χ4n) is 3.39. The molecule has 0 aromatic rings. The average molecular weight is 239 g/mol. The minimum Gasteiger partial charge on any atom is -0.353 e. The van der Waals surface area contributed by atoms with Crippen LogP contribution in [0.1, 0.15) is 46.0 Å². The Balaban J connectivity index is 2.19. The molecule has 4 heteroatoms. The van der Waals surface area contributed by atoms with Crippen molar-refractivity contribution in [1.29, 1.82) is 0 Å². The molecule has 3 N–H and O–H groups in total. The van der Waals surface area contributed by atoms with Gasteiger partial charge in [-0.15, -0.1) is 0 Å². The largest absolute Gasteiger partial charge is 0.353 e. The van der Waals surface area contributed by atoms with Gasteiger partial charge in [0, 0.05) is 24.7 Å². The summed E-state index contributed by atoms with van der Waals surface area (Å²) in [6.07, 6.45) is 6.34. The highest BCUT2D eigenvalue weighted by atomic mass is 16.2. The summed E-state index contributed by atoms with van der Waals surface area (Å²) in [5.74, 6) is 0.109. The number of nitrogens with two attached hydrogens (primary N) is 1. The first-order valence-corrected chi connectivity index (χ1v) is 6.82. The van der Waals surface area contributed by atoms with Gasteiger partial charge in [0.05, 0.1) is 0 Å². The van der Waals surface area contributed by atoms with E-state index in [2.05, 4.69) is 24.1 Å². The molecule has 0 aromatic heterocycles. The number of nitrogens with one attached hydrogen (secondary N) is 1. The van der Waals surface area contributed by atoms with Crippen molar-refractivity contribution in [2.45, 2.75) is 63.6 Å². The van der Waals surface area contributed by atoms with E-state index in [1.807, 2.05) is 0 Å². The van der Waals surface area contributed by atoms with Crippen molar-refractivity contribution in [3.8, 4) is 0 Å². The van der Waals surface area contributed by atoms with Crippen LogP contribution in [-0.4, -0.2) is 41.5 Å². The number of rotatable bonds is 2. The van der Waals surface area contributed by atoms with Gasteiger partial charge in [0.25, 0.3) is 0 Å². The first kappa shape index (κ1) is 12.8. The van der Waals surface area contributed by atoms with Crippen LogP contribution in [0.15, 0.2) is 0 Å². The molecular weight excluding hydrogens is 214 g/mol. The molecule has 0 radical (unpaired) electrons. The van der Waals surface area contributed by atoms with Crippen molar-refractivity contribution in [3.05, 3.63) is 0 Å². The van der Waals surface area contributed by atoms with E-state index in [0.29, 0.717) is 12.6 Å². The average Bonchev–Trinajstić information content (AvgIpc) is 2.33. The van der Waals surface area contributed by atoms with Crippen molar-refractivity contribution in [2.24, 2.45) is 5.73 Å². The summed E-state index contributed by atoms with van der Waals surface area (Å²) >= 11 is 0. The smallest absolute Gasteiger partial charge is 0.238 e. The third-order valence-corrected chi connectivity index (χ3v) is 4.22. The lowest BCUT2D eigenvalue weighted by Crippen LogP contribution is -2.69. The Kier molecular flexibility index (Phi) is 3.73. The van der Waals surface area contributed by atoms with Crippen LogP contribution in [0.25, 0.3) is 0 Å². The zero-order valence-corrected chi connectivity index (χ0v) is 11.0. The lowest BCUT2D eigenvalue weighted by molar-refractivity contribution is -0.137. The summed E-state index contributed by atoms with van der Waals surface area (Å²) in [4.78, 5) is 14.3. The lowest BCUT2D eigenvalue weighted by Gasteiger charge is -2.51. The Morgan fingerprint density at radius 2 is 2.00 bits per heavy atom. The standard InChI is InChI=1S/C13H25N3O/c1-13(2)9-15-12(17)11(8-14)16(13)10-6-4-3-5-7-10/h10-11H,3-9,14H2,1-2H3,(H,15,17). The van der Waals surface area contributed by atoms with Crippen LogP contribution in [-0.2, 0) is 4.79 Å². The first-order chi connectivity index (χ1) is 8.06.